The zero-order chi connectivity index (χ0) is 26.4. The number of fused-ring (bicyclic) bond motifs is 11. The lowest BCUT2D eigenvalue weighted by Crippen LogP contribution is -2.68. The van der Waals surface area contributed by atoms with E-state index in [1.54, 1.807) is 0 Å². The molecule has 0 saturated carbocycles. The second-order valence-electron chi connectivity index (χ2n) is 11.9. The molecule has 186 valence electrons. The molecular formula is C35H23B2NOS. The second-order valence-corrected chi connectivity index (χ2v) is 13.0. The van der Waals surface area contributed by atoms with Gasteiger partial charge in [-0.15, -0.1) is 11.3 Å². The summed E-state index contributed by atoms with van der Waals surface area (Å²) in [7, 11) is 0. The van der Waals surface area contributed by atoms with Crippen LogP contribution in [-0.4, -0.2) is 13.6 Å². The molecule has 4 aliphatic heterocycles. The molecule has 0 bridgehead atoms. The van der Waals surface area contributed by atoms with Crippen molar-refractivity contribution in [2.75, 3.05) is 4.81 Å². The molecule has 0 unspecified atom stereocenters. The van der Waals surface area contributed by atoms with E-state index in [0.717, 1.165) is 11.5 Å². The van der Waals surface area contributed by atoms with Gasteiger partial charge < -0.3 is 9.55 Å². The summed E-state index contributed by atoms with van der Waals surface area (Å²) in [6.45, 7) is 6.96. The van der Waals surface area contributed by atoms with Crippen molar-refractivity contribution >= 4 is 73.0 Å². The van der Waals surface area contributed by atoms with Gasteiger partial charge in [-0.1, -0.05) is 71.3 Å². The minimum Gasteiger partial charge on any atom is -0.457 e. The second kappa shape index (κ2) is 7.10. The fraction of sp³-hybridized carbons (Fsp3) is 0.0857. The first-order chi connectivity index (χ1) is 19.6. The molecule has 0 radical (unpaired) electrons. The maximum Gasteiger partial charge on any atom is 0.329 e. The Morgan fingerprint density at radius 1 is 0.650 bits per heavy atom. The SMILES string of the molecule is Cc1ccc2c(c1)B1c3cc(C)ccc3-c3ccc4c5c3N1c1c(cc(C)cc1-2)B5c1sc2ccccc2c1O4. The van der Waals surface area contributed by atoms with E-state index in [0.29, 0.717) is 0 Å². The lowest BCUT2D eigenvalue weighted by atomic mass is 9.33. The molecule has 4 aliphatic rings. The van der Waals surface area contributed by atoms with Gasteiger partial charge in [-0.05, 0) is 84.1 Å². The molecule has 2 nitrogen and oxygen atoms in total. The highest BCUT2D eigenvalue weighted by Crippen LogP contribution is 2.50. The van der Waals surface area contributed by atoms with Gasteiger partial charge in [0.05, 0.1) is 0 Å². The largest absolute Gasteiger partial charge is 0.457 e. The van der Waals surface area contributed by atoms with Crippen molar-refractivity contribution in [1.29, 1.82) is 0 Å². The van der Waals surface area contributed by atoms with E-state index >= 15 is 0 Å². The first-order valence-electron chi connectivity index (χ1n) is 14.1. The Bertz CT molecular complexity index is 2160. The topological polar surface area (TPSA) is 12.5 Å². The first-order valence-corrected chi connectivity index (χ1v) is 14.9. The van der Waals surface area contributed by atoms with Crippen LogP contribution in [0.3, 0.4) is 0 Å². The van der Waals surface area contributed by atoms with Crippen LogP contribution in [0, 0.1) is 20.8 Å². The number of anilines is 2. The van der Waals surface area contributed by atoms with Crippen molar-refractivity contribution in [2.24, 2.45) is 0 Å². The Morgan fingerprint density at radius 3 is 2.15 bits per heavy atom. The fourth-order valence-corrected chi connectivity index (χ4v) is 9.19. The van der Waals surface area contributed by atoms with Crippen molar-refractivity contribution in [3.05, 3.63) is 102 Å². The Morgan fingerprint density at radius 2 is 1.35 bits per heavy atom. The molecule has 0 aliphatic carbocycles. The number of thiophene rings is 1. The van der Waals surface area contributed by atoms with Gasteiger partial charge in [0.2, 0.25) is 0 Å². The molecule has 0 amide bonds. The highest BCUT2D eigenvalue weighted by molar-refractivity contribution is 7.33. The third kappa shape index (κ3) is 2.45. The average Bonchev–Trinajstić information content (AvgIpc) is 3.33. The standard InChI is InChI=1S/C35H23B2NOS/c1-18-8-10-21-23-12-13-29-31-33(23)38-32-25(22-11-9-19(2)16-27(22)37(38)26(21)15-18)14-20(3)17-28(32)36(31)35-34(39-29)24-6-4-5-7-30(24)40-35/h4-17H,1-3H3. The first kappa shape index (κ1) is 21.6. The van der Waals surface area contributed by atoms with Crippen LogP contribution >= 0.6 is 11.3 Å². The molecule has 5 heterocycles. The summed E-state index contributed by atoms with van der Waals surface area (Å²) in [4.78, 5) is 2.68. The third-order valence-corrected chi connectivity index (χ3v) is 10.7. The lowest BCUT2D eigenvalue weighted by Gasteiger charge is -2.50. The molecule has 0 fully saturated rings. The van der Waals surface area contributed by atoms with Gasteiger partial charge in [-0.3, -0.25) is 0 Å². The van der Waals surface area contributed by atoms with E-state index in [-0.39, 0.29) is 13.6 Å². The van der Waals surface area contributed by atoms with E-state index in [2.05, 4.69) is 111 Å². The van der Waals surface area contributed by atoms with E-state index in [1.165, 1.54) is 87.0 Å². The van der Waals surface area contributed by atoms with Crippen LogP contribution in [-0.2, 0) is 0 Å². The molecule has 0 N–H and O–H groups in total. The van der Waals surface area contributed by atoms with Crippen molar-refractivity contribution in [3.63, 3.8) is 0 Å². The van der Waals surface area contributed by atoms with Crippen molar-refractivity contribution < 1.29 is 4.74 Å². The zero-order valence-corrected chi connectivity index (χ0v) is 23.3. The van der Waals surface area contributed by atoms with Crippen molar-refractivity contribution in [3.8, 4) is 33.8 Å². The van der Waals surface area contributed by atoms with Gasteiger partial charge in [-0.25, -0.2) is 0 Å². The molecule has 1 aromatic heterocycles. The summed E-state index contributed by atoms with van der Waals surface area (Å²) in [5.41, 5.74) is 17.5. The van der Waals surface area contributed by atoms with Gasteiger partial charge >= 0.3 is 6.85 Å². The zero-order valence-electron chi connectivity index (χ0n) is 22.5. The Balaban J connectivity index is 1.42. The monoisotopic (exact) mass is 527 g/mol. The smallest absolute Gasteiger partial charge is 0.329 e. The molecular weight excluding hydrogens is 504 g/mol. The molecule has 5 aromatic carbocycles. The van der Waals surface area contributed by atoms with Crippen LogP contribution in [0.15, 0.2) is 84.9 Å². The number of nitrogens with zero attached hydrogens (tertiary/aromatic N) is 1. The van der Waals surface area contributed by atoms with Crippen molar-refractivity contribution in [1.82, 2.24) is 0 Å². The molecule has 0 saturated heterocycles. The molecule has 5 heteroatoms. The maximum atomic E-state index is 6.86. The quantitative estimate of drug-likeness (QED) is 0.236. The highest BCUT2D eigenvalue weighted by Gasteiger charge is 2.52. The predicted molar refractivity (Wildman–Crippen MR) is 172 cm³/mol. The predicted octanol–water partition coefficient (Wildman–Crippen LogP) is 5.67. The molecule has 0 spiro atoms. The Hall–Kier alpha value is -4.21. The number of rotatable bonds is 0. The lowest BCUT2D eigenvalue weighted by molar-refractivity contribution is 0.495. The third-order valence-electron chi connectivity index (χ3n) is 9.43. The summed E-state index contributed by atoms with van der Waals surface area (Å²) < 4.78 is 9.48. The minimum absolute atomic E-state index is 0.127. The summed E-state index contributed by atoms with van der Waals surface area (Å²) >= 11 is 1.90. The minimum atomic E-state index is 0.127. The maximum absolute atomic E-state index is 6.86. The van der Waals surface area contributed by atoms with Gasteiger partial charge in [0, 0.05) is 37.4 Å². The fourth-order valence-electron chi connectivity index (χ4n) is 7.93. The summed E-state index contributed by atoms with van der Waals surface area (Å²) in [5, 5.41) is 1.22. The van der Waals surface area contributed by atoms with Gasteiger partial charge in [0.1, 0.15) is 11.5 Å². The van der Waals surface area contributed by atoms with E-state index in [9.17, 15) is 0 Å². The molecule has 40 heavy (non-hydrogen) atoms. The van der Waals surface area contributed by atoms with Crippen LogP contribution in [0.4, 0.5) is 11.4 Å². The van der Waals surface area contributed by atoms with Crippen LogP contribution in [0.5, 0.6) is 11.5 Å². The average molecular weight is 527 g/mol. The van der Waals surface area contributed by atoms with Gasteiger partial charge in [0.25, 0.3) is 6.71 Å². The van der Waals surface area contributed by atoms with Crippen LogP contribution in [0.25, 0.3) is 32.3 Å². The molecule has 0 atom stereocenters. The van der Waals surface area contributed by atoms with Gasteiger partial charge in [-0.2, -0.15) is 0 Å². The van der Waals surface area contributed by atoms with Crippen LogP contribution in [0.1, 0.15) is 16.7 Å². The number of hydrogen-bond acceptors (Lipinski definition) is 3. The normalized spacial score (nSPS) is 14.4. The Kier molecular flexibility index (Phi) is 3.83. The summed E-state index contributed by atoms with van der Waals surface area (Å²) in [5.74, 6) is 2.04. The number of benzene rings is 5. The number of hydrogen-bond donors (Lipinski definition) is 0. The van der Waals surface area contributed by atoms with E-state index in [1.807, 2.05) is 11.3 Å². The van der Waals surface area contributed by atoms with E-state index in [4.69, 9.17) is 4.74 Å². The summed E-state index contributed by atoms with van der Waals surface area (Å²) in [6, 6.07) is 32.2. The van der Waals surface area contributed by atoms with Crippen molar-refractivity contribution in [2.45, 2.75) is 20.8 Å². The highest BCUT2D eigenvalue weighted by atomic mass is 32.1. The van der Waals surface area contributed by atoms with E-state index < -0.39 is 0 Å². The number of ether oxygens (including phenoxy) is 1. The summed E-state index contributed by atoms with van der Waals surface area (Å²) in [6.07, 6.45) is 0. The van der Waals surface area contributed by atoms with Crippen LogP contribution < -0.4 is 36.2 Å². The molecule has 10 rings (SSSR count). The number of aryl methyl sites for hydroxylation is 3. The van der Waals surface area contributed by atoms with Gasteiger partial charge in [0.15, 0.2) is 0 Å². The Labute approximate surface area is 238 Å². The molecule has 6 aromatic rings. The van der Waals surface area contributed by atoms with Crippen LogP contribution in [0.2, 0.25) is 0 Å².